The molecule has 0 amide bonds. The molecular formula is C12H14FNO3. The standard InChI is InChI=1S/C12H14FNO3/c1-8-12(11(15)16,6-7-17-8)14-10-5-3-2-4-9(10)13/h2-5,8,14H,6-7H2,1H3,(H,15,16). The van der Waals surface area contributed by atoms with E-state index in [2.05, 4.69) is 5.32 Å². The van der Waals surface area contributed by atoms with Gasteiger partial charge < -0.3 is 15.2 Å². The predicted molar refractivity (Wildman–Crippen MR) is 60.4 cm³/mol. The van der Waals surface area contributed by atoms with Crippen LogP contribution < -0.4 is 5.32 Å². The number of aliphatic carboxylic acids is 1. The highest BCUT2D eigenvalue weighted by Gasteiger charge is 2.48. The Kier molecular flexibility index (Phi) is 3.02. The maximum absolute atomic E-state index is 13.5. The van der Waals surface area contributed by atoms with E-state index >= 15 is 0 Å². The van der Waals surface area contributed by atoms with Crippen LogP contribution in [0.1, 0.15) is 13.3 Å². The zero-order chi connectivity index (χ0) is 12.5. The second kappa shape index (κ2) is 4.33. The van der Waals surface area contributed by atoms with Crippen LogP contribution in [-0.4, -0.2) is 29.3 Å². The van der Waals surface area contributed by atoms with E-state index in [-0.39, 0.29) is 5.69 Å². The van der Waals surface area contributed by atoms with Gasteiger partial charge >= 0.3 is 5.97 Å². The largest absolute Gasteiger partial charge is 0.479 e. The van der Waals surface area contributed by atoms with Crippen molar-refractivity contribution in [3.63, 3.8) is 0 Å². The summed E-state index contributed by atoms with van der Waals surface area (Å²) in [4.78, 5) is 11.4. The molecule has 1 aromatic rings. The van der Waals surface area contributed by atoms with Crippen molar-refractivity contribution in [2.24, 2.45) is 0 Å². The molecule has 2 N–H and O–H groups in total. The lowest BCUT2D eigenvalue weighted by Crippen LogP contribution is -2.51. The fourth-order valence-electron chi connectivity index (χ4n) is 2.04. The monoisotopic (exact) mass is 239 g/mol. The third kappa shape index (κ3) is 1.98. The van der Waals surface area contributed by atoms with Gasteiger partial charge in [-0.15, -0.1) is 0 Å². The molecule has 17 heavy (non-hydrogen) atoms. The van der Waals surface area contributed by atoms with Crippen molar-refractivity contribution in [3.8, 4) is 0 Å². The summed E-state index contributed by atoms with van der Waals surface area (Å²) in [5.41, 5.74) is -1.06. The van der Waals surface area contributed by atoms with Gasteiger partial charge in [0.1, 0.15) is 5.82 Å². The van der Waals surface area contributed by atoms with Crippen LogP contribution in [0, 0.1) is 5.82 Å². The minimum Gasteiger partial charge on any atom is -0.479 e. The average Bonchev–Trinajstić information content (AvgIpc) is 2.65. The van der Waals surface area contributed by atoms with Crippen molar-refractivity contribution in [1.82, 2.24) is 0 Å². The number of hydrogen-bond donors (Lipinski definition) is 2. The molecule has 0 spiro atoms. The highest BCUT2D eigenvalue weighted by atomic mass is 19.1. The third-order valence-electron chi connectivity index (χ3n) is 3.17. The van der Waals surface area contributed by atoms with Gasteiger partial charge in [0.2, 0.25) is 0 Å². The zero-order valence-electron chi connectivity index (χ0n) is 9.44. The minimum atomic E-state index is -1.25. The van der Waals surface area contributed by atoms with Crippen molar-refractivity contribution >= 4 is 11.7 Å². The molecule has 1 fully saturated rings. The van der Waals surface area contributed by atoms with E-state index in [4.69, 9.17) is 4.74 Å². The van der Waals surface area contributed by atoms with Crippen LogP contribution in [0.15, 0.2) is 24.3 Å². The molecule has 0 bridgehead atoms. The van der Waals surface area contributed by atoms with Gasteiger partial charge in [0, 0.05) is 13.0 Å². The fourth-order valence-corrected chi connectivity index (χ4v) is 2.04. The van der Waals surface area contributed by atoms with Gasteiger partial charge in [-0.25, -0.2) is 9.18 Å². The predicted octanol–water partition coefficient (Wildman–Crippen LogP) is 1.87. The normalized spacial score (nSPS) is 28.0. The number of carboxylic acids is 1. The van der Waals surface area contributed by atoms with Crippen molar-refractivity contribution in [1.29, 1.82) is 0 Å². The number of benzene rings is 1. The van der Waals surface area contributed by atoms with Crippen molar-refractivity contribution < 1.29 is 19.0 Å². The third-order valence-corrected chi connectivity index (χ3v) is 3.17. The summed E-state index contributed by atoms with van der Waals surface area (Å²) in [6.45, 7) is 2.03. The zero-order valence-corrected chi connectivity index (χ0v) is 9.44. The van der Waals surface area contributed by atoms with Gasteiger partial charge in [-0.05, 0) is 19.1 Å². The molecule has 5 heteroatoms. The smallest absolute Gasteiger partial charge is 0.332 e. The minimum absolute atomic E-state index is 0.187. The molecule has 1 aliphatic heterocycles. The van der Waals surface area contributed by atoms with Crippen LogP contribution >= 0.6 is 0 Å². The van der Waals surface area contributed by atoms with E-state index in [1.807, 2.05) is 0 Å². The lowest BCUT2D eigenvalue weighted by molar-refractivity contribution is -0.143. The summed E-state index contributed by atoms with van der Waals surface area (Å²) in [6.07, 6.45) is -0.183. The lowest BCUT2D eigenvalue weighted by Gasteiger charge is -2.29. The van der Waals surface area contributed by atoms with Crippen LogP contribution in [0.2, 0.25) is 0 Å². The van der Waals surface area contributed by atoms with Crippen LogP contribution in [0.25, 0.3) is 0 Å². The SMILES string of the molecule is CC1OCCC1(Nc1ccccc1F)C(=O)O. The Morgan fingerprint density at radius 2 is 2.29 bits per heavy atom. The Morgan fingerprint density at radius 3 is 2.82 bits per heavy atom. The van der Waals surface area contributed by atoms with Crippen molar-refractivity contribution in [2.45, 2.75) is 25.0 Å². The van der Waals surface area contributed by atoms with Gasteiger partial charge in [0.15, 0.2) is 5.54 Å². The summed E-state index contributed by atoms with van der Waals surface area (Å²) >= 11 is 0. The Balaban J connectivity index is 2.31. The first-order valence-corrected chi connectivity index (χ1v) is 5.44. The topological polar surface area (TPSA) is 58.6 Å². The lowest BCUT2D eigenvalue weighted by atomic mass is 9.91. The molecule has 1 heterocycles. The molecule has 2 rings (SSSR count). The number of halogens is 1. The van der Waals surface area contributed by atoms with Crippen molar-refractivity contribution in [3.05, 3.63) is 30.1 Å². The molecule has 2 atom stereocenters. The fraction of sp³-hybridized carbons (Fsp3) is 0.417. The van der Waals surface area contributed by atoms with E-state index in [0.717, 1.165) is 0 Å². The quantitative estimate of drug-likeness (QED) is 0.845. The summed E-state index contributed by atoms with van der Waals surface area (Å²) < 4.78 is 18.8. The van der Waals surface area contributed by atoms with Gasteiger partial charge in [-0.3, -0.25) is 0 Å². The number of nitrogens with one attached hydrogen (secondary N) is 1. The Hall–Kier alpha value is -1.62. The van der Waals surface area contributed by atoms with Crippen LogP contribution in [0.4, 0.5) is 10.1 Å². The maximum Gasteiger partial charge on any atom is 0.332 e. The number of carboxylic acid groups (broad SMARTS) is 1. The molecule has 2 unspecified atom stereocenters. The molecular weight excluding hydrogens is 225 g/mol. The van der Waals surface area contributed by atoms with E-state index in [9.17, 15) is 14.3 Å². The summed E-state index contributed by atoms with van der Waals surface area (Å²) in [5, 5.41) is 12.1. The Bertz CT molecular complexity index is 438. The van der Waals surface area contributed by atoms with Crippen LogP contribution in [0.3, 0.4) is 0 Å². The number of para-hydroxylation sites is 1. The molecule has 1 aliphatic rings. The highest BCUT2D eigenvalue weighted by molar-refractivity contribution is 5.84. The average molecular weight is 239 g/mol. The first kappa shape index (κ1) is 11.9. The summed E-state index contributed by atoms with van der Waals surface area (Å²) in [6, 6.07) is 6.02. The van der Waals surface area contributed by atoms with Crippen molar-refractivity contribution in [2.75, 3.05) is 11.9 Å². The first-order valence-electron chi connectivity index (χ1n) is 5.44. The number of rotatable bonds is 3. The second-order valence-corrected chi connectivity index (χ2v) is 4.14. The molecule has 92 valence electrons. The van der Waals surface area contributed by atoms with Gasteiger partial charge in [-0.2, -0.15) is 0 Å². The first-order chi connectivity index (χ1) is 8.06. The summed E-state index contributed by atoms with van der Waals surface area (Å²) in [5.74, 6) is -1.49. The van der Waals surface area contributed by atoms with E-state index in [1.54, 1.807) is 19.1 Å². The Morgan fingerprint density at radius 1 is 1.59 bits per heavy atom. The summed E-state index contributed by atoms with van der Waals surface area (Å²) in [7, 11) is 0. The Labute approximate surface area is 98.4 Å². The van der Waals surface area contributed by atoms with E-state index in [0.29, 0.717) is 13.0 Å². The maximum atomic E-state index is 13.5. The van der Waals surface area contributed by atoms with Gasteiger partial charge in [-0.1, -0.05) is 12.1 Å². The molecule has 0 radical (unpaired) electrons. The second-order valence-electron chi connectivity index (χ2n) is 4.14. The van der Waals surface area contributed by atoms with E-state index in [1.165, 1.54) is 12.1 Å². The van der Waals surface area contributed by atoms with E-state index < -0.39 is 23.4 Å². The molecule has 4 nitrogen and oxygen atoms in total. The number of anilines is 1. The molecule has 1 saturated heterocycles. The van der Waals surface area contributed by atoms with Gasteiger partial charge in [0.25, 0.3) is 0 Å². The molecule has 0 aromatic heterocycles. The van der Waals surface area contributed by atoms with Gasteiger partial charge in [0.05, 0.1) is 11.8 Å². The number of ether oxygens (including phenoxy) is 1. The molecule has 0 aliphatic carbocycles. The highest BCUT2D eigenvalue weighted by Crippen LogP contribution is 2.31. The van der Waals surface area contributed by atoms with Crippen LogP contribution in [-0.2, 0) is 9.53 Å². The van der Waals surface area contributed by atoms with Crippen LogP contribution in [0.5, 0.6) is 0 Å². The molecule has 1 aromatic carbocycles. The number of carbonyl (C=O) groups is 1. The number of hydrogen-bond acceptors (Lipinski definition) is 3. The molecule has 0 saturated carbocycles.